The second kappa shape index (κ2) is 4.83. The highest BCUT2D eigenvalue weighted by Crippen LogP contribution is 2.16. The van der Waals surface area contributed by atoms with E-state index in [1.54, 1.807) is 0 Å². The molecule has 0 bridgehead atoms. The smallest absolute Gasteiger partial charge is 0.237 e. The maximum atomic E-state index is 11.3. The first-order valence-corrected chi connectivity index (χ1v) is 4.30. The predicted octanol–water partition coefficient (Wildman–Crippen LogP) is 0.390. The Hall–Kier alpha value is -1.08. The van der Waals surface area contributed by atoms with Gasteiger partial charge < -0.3 is 11.1 Å². The molecule has 0 aliphatic carbocycles. The van der Waals surface area contributed by atoms with Crippen LogP contribution in [0.15, 0.2) is 0 Å². The number of carbonyl (C=O) groups is 1. The quantitative estimate of drug-likeness (QED) is 0.621. The number of amides is 1. The Labute approximate surface area is 79.1 Å². The van der Waals surface area contributed by atoms with E-state index in [-0.39, 0.29) is 11.3 Å². The number of nitrogens with one attached hydrogen (secondary N) is 1. The molecule has 74 valence electrons. The average molecular weight is 183 g/mol. The summed E-state index contributed by atoms with van der Waals surface area (Å²) in [5.41, 5.74) is 5.44. The Kier molecular flexibility index (Phi) is 4.43. The Morgan fingerprint density at radius 1 is 1.62 bits per heavy atom. The zero-order valence-corrected chi connectivity index (χ0v) is 8.42. The van der Waals surface area contributed by atoms with Gasteiger partial charge in [0.15, 0.2) is 0 Å². The maximum Gasteiger partial charge on any atom is 0.237 e. The normalized spacial score (nSPS) is 13.2. The lowest BCUT2D eigenvalue weighted by molar-refractivity contribution is -0.124. The van der Waals surface area contributed by atoms with E-state index in [9.17, 15) is 4.79 Å². The number of hydrogen-bond donors (Lipinski definition) is 2. The van der Waals surface area contributed by atoms with Crippen LogP contribution < -0.4 is 11.1 Å². The fourth-order valence-electron chi connectivity index (χ4n) is 0.745. The van der Waals surface area contributed by atoms with Crippen LogP contribution in [0.3, 0.4) is 0 Å². The molecule has 0 aromatic heterocycles. The van der Waals surface area contributed by atoms with E-state index in [1.165, 1.54) is 0 Å². The van der Waals surface area contributed by atoms with Gasteiger partial charge in [-0.15, -0.1) is 0 Å². The summed E-state index contributed by atoms with van der Waals surface area (Å²) in [6.45, 7) is 6.09. The first-order valence-electron chi connectivity index (χ1n) is 4.30. The zero-order valence-electron chi connectivity index (χ0n) is 8.42. The van der Waals surface area contributed by atoms with Crippen molar-refractivity contribution in [2.45, 2.75) is 33.2 Å². The zero-order chi connectivity index (χ0) is 10.5. The van der Waals surface area contributed by atoms with E-state index < -0.39 is 6.04 Å². The summed E-state index contributed by atoms with van der Waals surface area (Å²) >= 11 is 0. The summed E-state index contributed by atoms with van der Waals surface area (Å²) < 4.78 is 0. The number of hydrogen-bond acceptors (Lipinski definition) is 3. The first kappa shape index (κ1) is 11.9. The van der Waals surface area contributed by atoms with Crippen LogP contribution in [0, 0.1) is 16.7 Å². The lowest BCUT2D eigenvalue weighted by Gasteiger charge is -2.25. The Bertz CT molecular complexity index is 212. The van der Waals surface area contributed by atoms with Gasteiger partial charge in [-0.25, -0.2) is 0 Å². The molecule has 0 radical (unpaired) electrons. The SMILES string of the molecule is CC(C)(C)C(N)C(=O)NCCC#N. The summed E-state index contributed by atoms with van der Waals surface area (Å²) in [5, 5.41) is 10.8. The molecule has 0 spiro atoms. The summed E-state index contributed by atoms with van der Waals surface area (Å²) in [7, 11) is 0. The summed E-state index contributed by atoms with van der Waals surface area (Å²) in [4.78, 5) is 11.3. The number of nitrogens with zero attached hydrogens (tertiary/aromatic N) is 1. The molecule has 4 heteroatoms. The van der Waals surface area contributed by atoms with Gasteiger partial charge in [0, 0.05) is 6.54 Å². The molecule has 0 aromatic rings. The van der Waals surface area contributed by atoms with Crippen molar-refractivity contribution in [1.29, 1.82) is 5.26 Å². The molecule has 0 saturated carbocycles. The topological polar surface area (TPSA) is 78.9 Å². The molecule has 13 heavy (non-hydrogen) atoms. The third-order valence-electron chi connectivity index (χ3n) is 1.75. The molecule has 0 fully saturated rings. The minimum absolute atomic E-state index is 0.192. The van der Waals surface area contributed by atoms with E-state index in [2.05, 4.69) is 5.32 Å². The molecule has 4 nitrogen and oxygen atoms in total. The standard InChI is InChI=1S/C9H17N3O/c1-9(2,3)7(11)8(13)12-6-4-5-10/h7H,4,6,11H2,1-3H3,(H,12,13). The number of nitrogens with two attached hydrogens (primary N) is 1. The fraction of sp³-hybridized carbons (Fsp3) is 0.778. The fourth-order valence-corrected chi connectivity index (χ4v) is 0.745. The van der Waals surface area contributed by atoms with Gasteiger partial charge in [-0.2, -0.15) is 5.26 Å². The highest BCUT2D eigenvalue weighted by atomic mass is 16.2. The third-order valence-corrected chi connectivity index (χ3v) is 1.75. The van der Waals surface area contributed by atoms with Gasteiger partial charge >= 0.3 is 0 Å². The Morgan fingerprint density at radius 3 is 2.54 bits per heavy atom. The van der Waals surface area contributed by atoms with Crippen molar-refractivity contribution >= 4 is 5.91 Å². The molecule has 3 N–H and O–H groups in total. The summed E-state index contributed by atoms with van der Waals surface area (Å²) in [6.07, 6.45) is 0.322. The molecular weight excluding hydrogens is 166 g/mol. The molecule has 0 aromatic carbocycles. The van der Waals surface area contributed by atoms with Crippen molar-refractivity contribution in [2.24, 2.45) is 11.1 Å². The van der Waals surface area contributed by atoms with Gasteiger partial charge in [-0.1, -0.05) is 20.8 Å². The molecule has 0 rings (SSSR count). The van der Waals surface area contributed by atoms with Gasteiger partial charge in [-0.05, 0) is 5.41 Å². The van der Waals surface area contributed by atoms with E-state index in [1.807, 2.05) is 26.8 Å². The van der Waals surface area contributed by atoms with Crippen LogP contribution in [-0.4, -0.2) is 18.5 Å². The van der Waals surface area contributed by atoms with Crippen LogP contribution in [0.25, 0.3) is 0 Å². The molecule has 0 saturated heterocycles. The minimum atomic E-state index is -0.522. The molecule has 1 atom stereocenters. The highest BCUT2D eigenvalue weighted by Gasteiger charge is 2.26. The average Bonchev–Trinajstić information content (AvgIpc) is 2.01. The molecule has 0 aliphatic heterocycles. The minimum Gasteiger partial charge on any atom is -0.354 e. The third kappa shape index (κ3) is 4.48. The number of rotatable bonds is 3. The van der Waals surface area contributed by atoms with Crippen LogP contribution in [0.4, 0.5) is 0 Å². The van der Waals surface area contributed by atoms with Gasteiger partial charge in [0.05, 0.1) is 18.5 Å². The van der Waals surface area contributed by atoms with Crippen LogP contribution in [0.2, 0.25) is 0 Å². The van der Waals surface area contributed by atoms with Gasteiger partial charge in [0.2, 0.25) is 5.91 Å². The second-order valence-corrected chi connectivity index (χ2v) is 4.04. The summed E-state index contributed by atoms with van der Waals surface area (Å²) in [5.74, 6) is -0.192. The van der Waals surface area contributed by atoms with E-state index >= 15 is 0 Å². The van der Waals surface area contributed by atoms with Crippen LogP contribution in [-0.2, 0) is 4.79 Å². The monoisotopic (exact) mass is 183 g/mol. The Balaban J connectivity index is 3.92. The molecule has 1 amide bonds. The van der Waals surface area contributed by atoms with E-state index in [4.69, 9.17) is 11.0 Å². The molecule has 0 aliphatic rings. The molecule has 0 heterocycles. The number of nitriles is 1. The van der Waals surface area contributed by atoms with Crippen molar-refractivity contribution in [2.75, 3.05) is 6.54 Å². The molecule has 1 unspecified atom stereocenters. The van der Waals surface area contributed by atoms with Crippen molar-refractivity contribution < 1.29 is 4.79 Å². The van der Waals surface area contributed by atoms with Crippen molar-refractivity contribution in [1.82, 2.24) is 5.32 Å². The molecular formula is C9H17N3O. The van der Waals surface area contributed by atoms with Crippen molar-refractivity contribution in [3.8, 4) is 6.07 Å². The lowest BCUT2D eigenvalue weighted by atomic mass is 9.87. The van der Waals surface area contributed by atoms with Crippen molar-refractivity contribution in [3.63, 3.8) is 0 Å². The summed E-state index contributed by atoms with van der Waals surface area (Å²) in [6, 6.07) is 1.42. The van der Waals surface area contributed by atoms with E-state index in [0.29, 0.717) is 13.0 Å². The van der Waals surface area contributed by atoms with E-state index in [0.717, 1.165) is 0 Å². The lowest BCUT2D eigenvalue weighted by Crippen LogP contribution is -2.48. The van der Waals surface area contributed by atoms with Crippen molar-refractivity contribution in [3.05, 3.63) is 0 Å². The van der Waals surface area contributed by atoms with Gasteiger partial charge in [0.1, 0.15) is 0 Å². The van der Waals surface area contributed by atoms with Crippen LogP contribution in [0.1, 0.15) is 27.2 Å². The number of carbonyl (C=O) groups excluding carboxylic acids is 1. The maximum absolute atomic E-state index is 11.3. The van der Waals surface area contributed by atoms with Crippen LogP contribution in [0.5, 0.6) is 0 Å². The largest absolute Gasteiger partial charge is 0.354 e. The first-order chi connectivity index (χ1) is 5.89. The van der Waals surface area contributed by atoms with Gasteiger partial charge in [-0.3, -0.25) is 4.79 Å². The predicted molar refractivity (Wildman–Crippen MR) is 50.7 cm³/mol. The van der Waals surface area contributed by atoms with Crippen LogP contribution >= 0.6 is 0 Å². The second-order valence-electron chi connectivity index (χ2n) is 4.04. The van der Waals surface area contributed by atoms with Gasteiger partial charge in [0.25, 0.3) is 0 Å². The Morgan fingerprint density at radius 2 is 2.15 bits per heavy atom. The highest BCUT2D eigenvalue weighted by molar-refractivity contribution is 5.82.